The van der Waals surface area contributed by atoms with Crippen LogP contribution in [-0.2, 0) is 9.59 Å². The van der Waals surface area contributed by atoms with Crippen LogP contribution < -0.4 is 10.6 Å². The number of rotatable bonds is 5. The maximum absolute atomic E-state index is 12.3. The van der Waals surface area contributed by atoms with E-state index in [0.29, 0.717) is 31.7 Å². The number of carbonyl (C=O) groups excluding carboxylic acids is 3. The zero-order chi connectivity index (χ0) is 17.4. The van der Waals surface area contributed by atoms with Gasteiger partial charge in [0.1, 0.15) is 0 Å². The first-order valence-electron chi connectivity index (χ1n) is 8.37. The van der Waals surface area contributed by atoms with E-state index in [0.717, 1.165) is 19.3 Å². The highest BCUT2D eigenvalue weighted by Crippen LogP contribution is 2.18. The minimum Gasteiger partial charge on any atom is -0.348 e. The number of hydrogen-bond acceptors (Lipinski definition) is 4. The smallest absolute Gasteiger partial charge is 0.309 e. The molecule has 3 amide bonds. The number of hydrogen-bond donors (Lipinski definition) is 2. The molecule has 130 valence electrons. The summed E-state index contributed by atoms with van der Waals surface area (Å²) in [7, 11) is 0. The fraction of sp³-hybridized carbons (Fsp3) is 0.529. The number of nitrogens with zero attached hydrogens (tertiary/aromatic N) is 2. The lowest BCUT2D eigenvalue weighted by molar-refractivity contribution is -0.139. The van der Waals surface area contributed by atoms with Gasteiger partial charge in [0.15, 0.2) is 0 Å². The van der Waals surface area contributed by atoms with Crippen molar-refractivity contribution in [2.24, 2.45) is 5.92 Å². The van der Waals surface area contributed by atoms with Crippen molar-refractivity contribution in [1.29, 1.82) is 0 Å². The largest absolute Gasteiger partial charge is 0.348 e. The number of amides is 3. The molecule has 0 spiro atoms. The fourth-order valence-corrected chi connectivity index (χ4v) is 2.65. The van der Waals surface area contributed by atoms with Crippen molar-refractivity contribution in [1.82, 2.24) is 20.5 Å². The van der Waals surface area contributed by atoms with Crippen LogP contribution in [0.3, 0.4) is 0 Å². The van der Waals surface area contributed by atoms with Gasteiger partial charge in [-0.1, -0.05) is 6.92 Å². The minimum absolute atomic E-state index is 0.00970. The molecule has 1 aliphatic heterocycles. The molecule has 0 saturated carbocycles. The molecule has 1 aromatic heterocycles. The molecule has 0 radical (unpaired) electrons. The summed E-state index contributed by atoms with van der Waals surface area (Å²) in [4.78, 5) is 41.2. The second-order valence-corrected chi connectivity index (χ2v) is 5.94. The average Bonchev–Trinajstić information content (AvgIpc) is 2.64. The summed E-state index contributed by atoms with van der Waals surface area (Å²) in [5, 5.41) is 5.22. The van der Waals surface area contributed by atoms with E-state index in [1.807, 2.05) is 11.8 Å². The molecule has 0 atom stereocenters. The first-order valence-corrected chi connectivity index (χ1v) is 8.37. The van der Waals surface area contributed by atoms with Crippen molar-refractivity contribution in [3.8, 4) is 0 Å². The van der Waals surface area contributed by atoms with Crippen LogP contribution in [0.4, 0.5) is 0 Å². The molecule has 7 nitrogen and oxygen atoms in total. The third-order valence-corrected chi connectivity index (χ3v) is 4.10. The minimum atomic E-state index is -0.586. The van der Waals surface area contributed by atoms with Crippen LogP contribution in [-0.4, -0.2) is 53.8 Å². The van der Waals surface area contributed by atoms with Gasteiger partial charge in [-0.2, -0.15) is 0 Å². The van der Waals surface area contributed by atoms with E-state index in [-0.39, 0.29) is 11.8 Å². The highest BCUT2D eigenvalue weighted by Gasteiger charge is 2.24. The lowest BCUT2D eigenvalue weighted by Gasteiger charge is -2.32. The standard InChI is InChI=1S/C17H24N4O3/c1-2-7-19-15(22)16(23)20-11-13-5-9-21(10-6-13)17(24)14-4-3-8-18-12-14/h3-4,8,12-13H,2,5-7,9-11H2,1H3,(H,19,22)(H,20,23). The molecule has 1 aliphatic rings. The number of piperidine rings is 1. The van der Waals surface area contributed by atoms with Crippen molar-refractivity contribution in [2.45, 2.75) is 26.2 Å². The van der Waals surface area contributed by atoms with Crippen LogP contribution >= 0.6 is 0 Å². The van der Waals surface area contributed by atoms with Gasteiger partial charge >= 0.3 is 11.8 Å². The van der Waals surface area contributed by atoms with Crippen LogP contribution in [0.1, 0.15) is 36.5 Å². The van der Waals surface area contributed by atoms with E-state index in [4.69, 9.17) is 0 Å². The van der Waals surface area contributed by atoms with Gasteiger partial charge in [0, 0.05) is 38.6 Å². The van der Waals surface area contributed by atoms with Gasteiger partial charge < -0.3 is 15.5 Å². The Morgan fingerprint density at radius 1 is 1.21 bits per heavy atom. The van der Waals surface area contributed by atoms with Crippen molar-refractivity contribution in [3.05, 3.63) is 30.1 Å². The number of aromatic nitrogens is 1. The highest BCUT2D eigenvalue weighted by atomic mass is 16.2. The zero-order valence-electron chi connectivity index (χ0n) is 14.0. The SMILES string of the molecule is CCCNC(=O)C(=O)NCC1CCN(C(=O)c2cccnc2)CC1. The van der Waals surface area contributed by atoms with Crippen LogP contribution in [0.2, 0.25) is 0 Å². The van der Waals surface area contributed by atoms with Crippen LogP contribution in [0.25, 0.3) is 0 Å². The Hall–Kier alpha value is -2.44. The number of likely N-dealkylation sites (tertiary alicyclic amines) is 1. The van der Waals surface area contributed by atoms with Crippen LogP contribution in [0.15, 0.2) is 24.5 Å². The Balaban J connectivity index is 1.72. The highest BCUT2D eigenvalue weighted by molar-refractivity contribution is 6.35. The zero-order valence-corrected chi connectivity index (χ0v) is 14.0. The van der Waals surface area contributed by atoms with Crippen molar-refractivity contribution < 1.29 is 14.4 Å². The Bertz CT molecular complexity index is 568. The molecule has 2 heterocycles. The Morgan fingerprint density at radius 3 is 2.54 bits per heavy atom. The predicted octanol–water partition coefficient (Wildman–Crippen LogP) is 0.576. The van der Waals surface area contributed by atoms with Gasteiger partial charge in [0.25, 0.3) is 5.91 Å². The number of carbonyl (C=O) groups is 3. The summed E-state index contributed by atoms with van der Waals surface area (Å²) in [5.74, 6) is -0.895. The maximum Gasteiger partial charge on any atom is 0.309 e. The summed E-state index contributed by atoms with van der Waals surface area (Å²) in [6.07, 6.45) is 5.63. The molecule has 2 N–H and O–H groups in total. The van der Waals surface area contributed by atoms with E-state index in [2.05, 4.69) is 15.6 Å². The van der Waals surface area contributed by atoms with Gasteiger partial charge in [-0.3, -0.25) is 19.4 Å². The third kappa shape index (κ3) is 5.04. The van der Waals surface area contributed by atoms with Crippen LogP contribution in [0, 0.1) is 5.92 Å². The quantitative estimate of drug-likeness (QED) is 0.772. The summed E-state index contributed by atoms with van der Waals surface area (Å²) in [6.45, 7) is 4.19. The second-order valence-electron chi connectivity index (χ2n) is 5.94. The molecule has 0 bridgehead atoms. The molecule has 0 aromatic carbocycles. The topological polar surface area (TPSA) is 91.4 Å². The van der Waals surface area contributed by atoms with Gasteiger partial charge in [-0.25, -0.2) is 0 Å². The summed E-state index contributed by atoms with van der Waals surface area (Å²) < 4.78 is 0. The summed E-state index contributed by atoms with van der Waals surface area (Å²) in [6, 6.07) is 3.51. The van der Waals surface area contributed by atoms with E-state index in [1.54, 1.807) is 24.5 Å². The van der Waals surface area contributed by atoms with E-state index in [1.165, 1.54) is 0 Å². The first kappa shape index (κ1) is 17.9. The summed E-state index contributed by atoms with van der Waals surface area (Å²) in [5.41, 5.74) is 0.594. The van der Waals surface area contributed by atoms with E-state index < -0.39 is 11.8 Å². The summed E-state index contributed by atoms with van der Waals surface area (Å²) >= 11 is 0. The molecule has 7 heteroatoms. The predicted molar refractivity (Wildman–Crippen MR) is 89.2 cm³/mol. The van der Waals surface area contributed by atoms with E-state index >= 15 is 0 Å². The molecule has 0 unspecified atom stereocenters. The maximum atomic E-state index is 12.3. The molecular formula is C17H24N4O3. The van der Waals surface area contributed by atoms with Crippen LogP contribution in [0.5, 0.6) is 0 Å². The third-order valence-electron chi connectivity index (χ3n) is 4.10. The molecule has 1 fully saturated rings. The van der Waals surface area contributed by atoms with Gasteiger partial charge in [-0.15, -0.1) is 0 Å². The number of nitrogens with one attached hydrogen (secondary N) is 2. The number of pyridine rings is 1. The molecular weight excluding hydrogens is 308 g/mol. The molecule has 2 rings (SSSR count). The molecule has 0 aliphatic carbocycles. The Kier molecular flexibility index (Phi) is 6.72. The fourth-order valence-electron chi connectivity index (χ4n) is 2.65. The van der Waals surface area contributed by atoms with E-state index in [9.17, 15) is 14.4 Å². The Labute approximate surface area is 141 Å². The average molecular weight is 332 g/mol. The molecule has 1 saturated heterocycles. The van der Waals surface area contributed by atoms with Gasteiger partial charge in [-0.05, 0) is 37.3 Å². The second kappa shape index (κ2) is 9.00. The first-order chi connectivity index (χ1) is 11.6. The lowest BCUT2D eigenvalue weighted by Crippen LogP contribution is -2.45. The Morgan fingerprint density at radius 2 is 1.92 bits per heavy atom. The van der Waals surface area contributed by atoms with Crippen molar-refractivity contribution in [2.75, 3.05) is 26.2 Å². The van der Waals surface area contributed by atoms with Crippen molar-refractivity contribution >= 4 is 17.7 Å². The van der Waals surface area contributed by atoms with Gasteiger partial charge in [0.2, 0.25) is 0 Å². The molecule has 24 heavy (non-hydrogen) atoms. The van der Waals surface area contributed by atoms with Gasteiger partial charge in [0.05, 0.1) is 5.56 Å². The monoisotopic (exact) mass is 332 g/mol. The lowest BCUT2D eigenvalue weighted by atomic mass is 9.96. The van der Waals surface area contributed by atoms with Crippen molar-refractivity contribution in [3.63, 3.8) is 0 Å². The normalized spacial score (nSPS) is 15.0. The molecule has 1 aromatic rings.